The van der Waals surface area contributed by atoms with Crippen molar-refractivity contribution in [2.75, 3.05) is 5.32 Å². The molecule has 1 aliphatic carbocycles. The van der Waals surface area contributed by atoms with Crippen molar-refractivity contribution in [3.63, 3.8) is 0 Å². The van der Waals surface area contributed by atoms with Gasteiger partial charge in [-0.05, 0) is 71.3 Å². The predicted octanol–water partition coefficient (Wildman–Crippen LogP) is 3.81. The number of pyridine rings is 1. The first-order valence-electron chi connectivity index (χ1n) is 11.0. The molecule has 0 bridgehead atoms. The lowest BCUT2D eigenvalue weighted by Gasteiger charge is -2.27. The Kier molecular flexibility index (Phi) is 5.31. The summed E-state index contributed by atoms with van der Waals surface area (Å²) in [4.78, 5) is 37.2. The average Bonchev–Trinajstić information content (AvgIpc) is 3.09. The molecule has 3 aromatic rings. The number of anilines is 1. The molecule has 3 atom stereocenters. The molecule has 170 valence electrons. The van der Waals surface area contributed by atoms with E-state index < -0.39 is 6.04 Å². The van der Waals surface area contributed by atoms with E-state index in [9.17, 15) is 9.59 Å². The normalized spacial score (nSPS) is 23.3. The van der Waals surface area contributed by atoms with Crippen LogP contribution in [0, 0.1) is 19.3 Å². The summed E-state index contributed by atoms with van der Waals surface area (Å²) >= 11 is 3.35. The second-order valence-electron chi connectivity index (χ2n) is 9.31. The maximum atomic E-state index is 13.4. The minimum Gasteiger partial charge on any atom is -0.327 e. The summed E-state index contributed by atoms with van der Waals surface area (Å²) < 4.78 is 0.652. The lowest BCUT2D eigenvalue weighted by atomic mass is 10.0. The van der Waals surface area contributed by atoms with Crippen LogP contribution in [0.15, 0.2) is 41.0 Å². The number of aromatic amines is 1. The Balaban J connectivity index is 1.34. The van der Waals surface area contributed by atoms with Crippen LogP contribution in [0.4, 0.5) is 5.82 Å². The molecule has 0 spiro atoms. The third kappa shape index (κ3) is 4.17. The summed E-state index contributed by atoms with van der Waals surface area (Å²) in [5, 5.41) is 9.99. The second kappa shape index (κ2) is 8.06. The van der Waals surface area contributed by atoms with Crippen molar-refractivity contribution in [1.29, 1.82) is 0 Å². The SMILES string of the molecule is Cc1nc(-c2cccc(CC(=O)N3[C@H](C(=O)Nc4nc(Br)ccc4C)C[C@@]4(C)C[C@@H]34)c2)n[nH]1. The Morgan fingerprint density at radius 1 is 1.21 bits per heavy atom. The molecular weight excluding hydrogens is 484 g/mol. The van der Waals surface area contributed by atoms with E-state index in [-0.39, 0.29) is 29.7 Å². The van der Waals surface area contributed by atoms with Crippen molar-refractivity contribution in [2.24, 2.45) is 5.41 Å². The van der Waals surface area contributed by atoms with Crippen LogP contribution < -0.4 is 5.32 Å². The van der Waals surface area contributed by atoms with Crippen LogP contribution in [-0.2, 0) is 16.0 Å². The van der Waals surface area contributed by atoms with E-state index in [2.05, 4.69) is 48.3 Å². The van der Waals surface area contributed by atoms with Gasteiger partial charge in [-0.3, -0.25) is 14.7 Å². The van der Waals surface area contributed by atoms with Crippen LogP contribution in [0.5, 0.6) is 0 Å². The molecule has 8 nitrogen and oxygen atoms in total. The van der Waals surface area contributed by atoms with E-state index >= 15 is 0 Å². The molecule has 1 aromatic carbocycles. The van der Waals surface area contributed by atoms with E-state index in [1.54, 1.807) is 4.90 Å². The molecule has 1 aliphatic heterocycles. The van der Waals surface area contributed by atoms with Crippen LogP contribution in [0.3, 0.4) is 0 Å². The Morgan fingerprint density at radius 2 is 2.03 bits per heavy atom. The number of hydrogen-bond acceptors (Lipinski definition) is 5. The van der Waals surface area contributed by atoms with E-state index in [0.717, 1.165) is 28.9 Å². The molecule has 33 heavy (non-hydrogen) atoms. The van der Waals surface area contributed by atoms with Gasteiger partial charge in [0.2, 0.25) is 11.8 Å². The quantitative estimate of drug-likeness (QED) is 0.510. The van der Waals surface area contributed by atoms with Crippen molar-refractivity contribution in [2.45, 2.75) is 52.1 Å². The van der Waals surface area contributed by atoms with Gasteiger partial charge in [-0.1, -0.05) is 31.2 Å². The Bertz CT molecular complexity index is 1260. The number of carbonyl (C=O) groups excluding carboxylic acids is 2. The van der Waals surface area contributed by atoms with Crippen LogP contribution in [0.25, 0.3) is 11.4 Å². The molecule has 0 unspecified atom stereocenters. The molecule has 0 radical (unpaired) electrons. The fraction of sp³-hybridized carbons (Fsp3) is 0.375. The van der Waals surface area contributed by atoms with Gasteiger partial charge in [-0.2, -0.15) is 5.10 Å². The molecule has 2 amide bonds. The summed E-state index contributed by atoms with van der Waals surface area (Å²) in [6.45, 7) is 5.90. The molecule has 2 aliphatic rings. The average molecular weight is 509 g/mol. The molecule has 1 saturated heterocycles. The van der Waals surface area contributed by atoms with Gasteiger partial charge in [0.05, 0.1) is 6.42 Å². The number of piperidine rings is 1. The van der Waals surface area contributed by atoms with Gasteiger partial charge >= 0.3 is 0 Å². The van der Waals surface area contributed by atoms with Gasteiger partial charge in [-0.15, -0.1) is 0 Å². The number of benzene rings is 1. The number of amides is 2. The minimum atomic E-state index is -0.500. The molecule has 1 saturated carbocycles. The summed E-state index contributed by atoms with van der Waals surface area (Å²) in [6, 6.07) is 11.0. The Morgan fingerprint density at radius 3 is 2.79 bits per heavy atom. The third-order valence-corrected chi connectivity index (χ3v) is 7.11. The number of rotatable bonds is 5. The van der Waals surface area contributed by atoms with E-state index in [1.807, 2.05) is 50.2 Å². The van der Waals surface area contributed by atoms with E-state index in [0.29, 0.717) is 22.7 Å². The highest BCUT2D eigenvalue weighted by atomic mass is 79.9. The zero-order chi connectivity index (χ0) is 23.3. The number of fused-ring (bicyclic) bond motifs is 1. The number of nitrogens with one attached hydrogen (secondary N) is 2. The second-order valence-corrected chi connectivity index (χ2v) is 10.1. The van der Waals surface area contributed by atoms with Crippen LogP contribution in [-0.4, -0.2) is 49.0 Å². The van der Waals surface area contributed by atoms with Crippen LogP contribution in [0.2, 0.25) is 0 Å². The number of H-pyrrole nitrogens is 1. The number of aryl methyl sites for hydroxylation is 2. The van der Waals surface area contributed by atoms with Crippen molar-refractivity contribution in [3.05, 3.63) is 58.0 Å². The lowest BCUT2D eigenvalue weighted by molar-refractivity contribution is -0.137. The number of likely N-dealkylation sites (tertiary alicyclic amines) is 1. The highest BCUT2D eigenvalue weighted by molar-refractivity contribution is 9.10. The lowest BCUT2D eigenvalue weighted by Crippen LogP contribution is -2.46. The fourth-order valence-electron chi connectivity index (χ4n) is 4.75. The number of hydrogen-bond donors (Lipinski definition) is 2. The maximum absolute atomic E-state index is 13.4. The Hall–Kier alpha value is -3.07. The monoisotopic (exact) mass is 508 g/mol. The first kappa shape index (κ1) is 21.8. The highest BCUT2D eigenvalue weighted by Crippen LogP contribution is 2.59. The molecular formula is C24H25BrN6O2. The van der Waals surface area contributed by atoms with Crippen molar-refractivity contribution >= 4 is 33.6 Å². The highest BCUT2D eigenvalue weighted by Gasteiger charge is 2.64. The standard InChI is InChI=1S/C24H25BrN6O2/c1-13-7-8-19(25)27-21(13)28-23(33)17-11-24(3)12-18(24)31(17)20(32)10-15-5-4-6-16(9-15)22-26-14(2)29-30-22/h4-9,17-18H,10-12H2,1-3H3,(H,26,29,30)(H,27,28,33)/t17-,18+,24-/m0/s1. The number of aromatic nitrogens is 4. The number of halogens is 1. The molecule has 9 heteroatoms. The summed E-state index contributed by atoms with van der Waals surface area (Å²) in [7, 11) is 0. The van der Waals surface area contributed by atoms with Crippen molar-refractivity contribution in [1.82, 2.24) is 25.1 Å². The topological polar surface area (TPSA) is 104 Å². The maximum Gasteiger partial charge on any atom is 0.248 e. The fourth-order valence-corrected chi connectivity index (χ4v) is 5.06. The van der Waals surface area contributed by atoms with Crippen molar-refractivity contribution in [3.8, 4) is 11.4 Å². The number of nitrogens with zero attached hydrogens (tertiary/aromatic N) is 4. The van der Waals surface area contributed by atoms with Gasteiger partial charge in [-0.25, -0.2) is 9.97 Å². The van der Waals surface area contributed by atoms with Gasteiger partial charge in [0.1, 0.15) is 22.3 Å². The molecule has 2 aromatic heterocycles. The number of carbonyl (C=O) groups is 2. The predicted molar refractivity (Wildman–Crippen MR) is 127 cm³/mol. The van der Waals surface area contributed by atoms with Crippen LogP contribution in [0.1, 0.15) is 36.7 Å². The Labute approximate surface area is 200 Å². The zero-order valence-corrected chi connectivity index (χ0v) is 20.3. The zero-order valence-electron chi connectivity index (χ0n) is 18.7. The molecule has 5 rings (SSSR count). The molecule has 3 heterocycles. The van der Waals surface area contributed by atoms with E-state index in [1.165, 1.54) is 0 Å². The summed E-state index contributed by atoms with van der Waals surface area (Å²) in [5.74, 6) is 1.63. The minimum absolute atomic E-state index is 0.00967. The smallest absolute Gasteiger partial charge is 0.248 e. The van der Waals surface area contributed by atoms with Gasteiger partial charge < -0.3 is 10.2 Å². The van der Waals surface area contributed by atoms with Crippen LogP contribution >= 0.6 is 15.9 Å². The van der Waals surface area contributed by atoms with Crippen molar-refractivity contribution < 1.29 is 9.59 Å². The summed E-state index contributed by atoms with van der Waals surface area (Å²) in [5.41, 5.74) is 2.61. The third-order valence-electron chi connectivity index (χ3n) is 6.67. The van der Waals surface area contributed by atoms with Gasteiger partial charge in [0.25, 0.3) is 0 Å². The van der Waals surface area contributed by atoms with Gasteiger partial charge in [0.15, 0.2) is 5.82 Å². The van der Waals surface area contributed by atoms with Gasteiger partial charge in [0, 0.05) is 11.6 Å². The van der Waals surface area contributed by atoms with E-state index in [4.69, 9.17) is 0 Å². The largest absolute Gasteiger partial charge is 0.327 e. The first-order chi connectivity index (χ1) is 15.7. The molecule has 2 fully saturated rings. The first-order valence-corrected chi connectivity index (χ1v) is 11.8. The molecule has 2 N–H and O–H groups in total. The summed E-state index contributed by atoms with van der Waals surface area (Å²) in [6.07, 6.45) is 1.83.